The molecule has 8 nitrogen and oxygen atoms in total. The third-order valence-electron chi connectivity index (χ3n) is 6.36. The number of thiazole rings is 1. The molecule has 5 rings (SSSR count). The van der Waals surface area contributed by atoms with E-state index < -0.39 is 9.84 Å². The van der Waals surface area contributed by atoms with Crippen LogP contribution in [0.15, 0.2) is 53.7 Å². The molecule has 1 aliphatic heterocycles. The molecule has 2 aromatic heterocycles. The molecule has 0 spiro atoms. The molecule has 2 aromatic carbocycles. The summed E-state index contributed by atoms with van der Waals surface area (Å²) >= 11 is 1.53. The van der Waals surface area contributed by atoms with Crippen molar-refractivity contribution in [3.05, 3.63) is 70.5 Å². The fraction of sp³-hybridized carbons (Fsp3) is 0.320. The zero-order chi connectivity index (χ0) is 24.6. The SMILES string of the molecule is CC[C@H]1c2nc(NC(=O)Cc3ccc(S(=O)(=O)CC)cc3)sc2CN1Cc1ccc2nc[nH]c2c1. The van der Waals surface area contributed by atoms with Gasteiger partial charge in [-0.1, -0.05) is 32.0 Å². The topological polar surface area (TPSA) is 108 Å². The van der Waals surface area contributed by atoms with Gasteiger partial charge in [-0.2, -0.15) is 0 Å². The van der Waals surface area contributed by atoms with Crippen LogP contribution in [0.3, 0.4) is 0 Å². The number of rotatable bonds is 8. The van der Waals surface area contributed by atoms with Gasteiger partial charge in [0, 0.05) is 18.0 Å². The standard InChI is InChI=1S/C25H27N5O3S2/c1-3-21-24-22(14-30(21)13-17-7-10-19-20(11-17)27-15-26-19)34-25(29-24)28-23(31)12-16-5-8-18(9-6-16)35(32,33)4-2/h5-11,15,21H,3-4,12-14H2,1-2H3,(H,26,27)(H,28,29,31)/t21-/m0/s1. The molecule has 0 saturated heterocycles. The molecule has 1 aliphatic rings. The van der Waals surface area contributed by atoms with E-state index in [-0.39, 0.29) is 29.0 Å². The van der Waals surface area contributed by atoms with Crippen molar-refractivity contribution >= 4 is 43.2 Å². The van der Waals surface area contributed by atoms with Gasteiger partial charge in [0.05, 0.1) is 46.2 Å². The summed E-state index contributed by atoms with van der Waals surface area (Å²) < 4.78 is 23.9. The van der Waals surface area contributed by atoms with Crippen LogP contribution in [0.4, 0.5) is 5.13 Å². The minimum atomic E-state index is -3.25. The third kappa shape index (κ3) is 4.86. The van der Waals surface area contributed by atoms with Crippen molar-refractivity contribution in [1.29, 1.82) is 0 Å². The maximum Gasteiger partial charge on any atom is 0.230 e. The van der Waals surface area contributed by atoms with Gasteiger partial charge in [0.1, 0.15) is 0 Å². The molecular formula is C25H27N5O3S2. The smallest absolute Gasteiger partial charge is 0.230 e. The van der Waals surface area contributed by atoms with Crippen molar-refractivity contribution in [2.75, 3.05) is 11.1 Å². The first-order valence-electron chi connectivity index (χ1n) is 11.6. The number of benzene rings is 2. The van der Waals surface area contributed by atoms with Gasteiger partial charge in [-0.05, 0) is 41.8 Å². The van der Waals surface area contributed by atoms with E-state index in [4.69, 9.17) is 4.98 Å². The summed E-state index contributed by atoms with van der Waals surface area (Å²) in [6.45, 7) is 5.40. The number of nitrogens with one attached hydrogen (secondary N) is 2. The van der Waals surface area contributed by atoms with E-state index in [9.17, 15) is 13.2 Å². The van der Waals surface area contributed by atoms with Crippen LogP contribution in [-0.4, -0.2) is 39.9 Å². The molecule has 2 N–H and O–H groups in total. The molecule has 0 unspecified atom stereocenters. The van der Waals surface area contributed by atoms with Gasteiger partial charge in [-0.25, -0.2) is 18.4 Å². The zero-order valence-corrected chi connectivity index (χ0v) is 21.2. The number of H-pyrrole nitrogens is 1. The quantitative estimate of drug-likeness (QED) is 0.363. The van der Waals surface area contributed by atoms with Crippen molar-refractivity contribution < 1.29 is 13.2 Å². The number of imidazole rings is 1. The highest BCUT2D eigenvalue weighted by Crippen LogP contribution is 2.41. The summed E-state index contributed by atoms with van der Waals surface area (Å²) in [5.41, 5.74) is 5.03. The molecule has 182 valence electrons. The van der Waals surface area contributed by atoms with Crippen LogP contribution >= 0.6 is 11.3 Å². The summed E-state index contributed by atoms with van der Waals surface area (Å²) in [7, 11) is -3.25. The first kappa shape index (κ1) is 23.7. The Morgan fingerprint density at radius 1 is 1.17 bits per heavy atom. The Morgan fingerprint density at radius 3 is 2.69 bits per heavy atom. The number of aromatic nitrogens is 3. The Labute approximate surface area is 208 Å². The minimum absolute atomic E-state index is 0.0528. The van der Waals surface area contributed by atoms with Crippen LogP contribution in [0.5, 0.6) is 0 Å². The normalized spacial score (nSPS) is 16.0. The largest absolute Gasteiger partial charge is 0.345 e. The number of hydrogen-bond acceptors (Lipinski definition) is 7. The van der Waals surface area contributed by atoms with E-state index in [0.717, 1.165) is 41.8 Å². The predicted molar refractivity (Wildman–Crippen MR) is 137 cm³/mol. The number of sulfone groups is 1. The highest BCUT2D eigenvalue weighted by molar-refractivity contribution is 7.91. The van der Waals surface area contributed by atoms with Gasteiger partial charge in [0.25, 0.3) is 0 Å². The molecule has 4 aromatic rings. The average Bonchev–Trinajstić information content (AvgIpc) is 3.53. The van der Waals surface area contributed by atoms with Crippen LogP contribution in [0.2, 0.25) is 0 Å². The molecule has 1 atom stereocenters. The Hall–Kier alpha value is -3.08. The second-order valence-corrected chi connectivity index (χ2v) is 12.0. The zero-order valence-electron chi connectivity index (χ0n) is 19.6. The van der Waals surface area contributed by atoms with Crippen LogP contribution < -0.4 is 5.32 Å². The van der Waals surface area contributed by atoms with Crippen LogP contribution in [0.25, 0.3) is 11.0 Å². The third-order valence-corrected chi connectivity index (χ3v) is 9.08. The maximum absolute atomic E-state index is 12.6. The van der Waals surface area contributed by atoms with Gasteiger partial charge in [0.2, 0.25) is 5.91 Å². The van der Waals surface area contributed by atoms with E-state index in [1.165, 1.54) is 21.8 Å². The lowest BCUT2D eigenvalue weighted by atomic mass is 10.1. The van der Waals surface area contributed by atoms with Gasteiger partial charge in [-0.3, -0.25) is 9.69 Å². The van der Waals surface area contributed by atoms with Gasteiger partial charge < -0.3 is 10.3 Å². The van der Waals surface area contributed by atoms with E-state index >= 15 is 0 Å². The van der Waals surface area contributed by atoms with Crippen LogP contribution in [0, 0.1) is 0 Å². The molecular weight excluding hydrogens is 482 g/mol. The van der Waals surface area contributed by atoms with Crippen molar-refractivity contribution in [2.24, 2.45) is 0 Å². The fourth-order valence-corrected chi connectivity index (χ4v) is 6.46. The fourth-order valence-electron chi connectivity index (χ4n) is 4.52. The van der Waals surface area contributed by atoms with E-state index in [0.29, 0.717) is 5.13 Å². The second-order valence-electron chi connectivity index (χ2n) is 8.68. The number of carbonyl (C=O) groups is 1. The first-order valence-corrected chi connectivity index (χ1v) is 14.1. The molecule has 0 fully saturated rings. The van der Waals surface area contributed by atoms with Crippen LogP contribution in [0.1, 0.15) is 48.0 Å². The predicted octanol–water partition coefficient (Wildman–Crippen LogP) is 4.46. The summed E-state index contributed by atoms with van der Waals surface area (Å²) in [4.78, 5) is 28.7. The molecule has 0 aliphatic carbocycles. The van der Waals surface area contributed by atoms with Gasteiger partial charge in [0.15, 0.2) is 15.0 Å². The first-order chi connectivity index (χ1) is 16.9. The van der Waals surface area contributed by atoms with Crippen molar-refractivity contribution in [2.45, 2.75) is 50.7 Å². The maximum atomic E-state index is 12.6. The lowest BCUT2D eigenvalue weighted by Gasteiger charge is -2.23. The van der Waals surface area contributed by atoms with E-state index in [1.807, 2.05) is 6.07 Å². The molecule has 1 amide bonds. The van der Waals surface area contributed by atoms with E-state index in [1.54, 1.807) is 37.5 Å². The summed E-state index contributed by atoms with van der Waals surface area (Å²) in [6, 6.07) is 13.0. The van der Waals surface area contributed by atoms with Gasteiger partial charge in [-0.15, -0.1) is 11.3 Å². The van der Waals surface area contributed by atoms with Crippen molar-refractivity contribution in [1.82, 2.24) is 19.9 Å². The number of anilines is 1. The lowest BCUT2D eigenvalue weighted by molar-refractivity contribution is -0.115. The van der Waals surface area contributed by atoms with Crippen LogP contribution in [-0.2, 0) is 34.1 Å². The minimum Gasteiger partial charge on any atom is -0.345 e. The summed E-state index contributed by atoms with van der Waals surface area (Å²) in [5, 5.41) is 3.54. The molecule has 0 bridgehead atoms. The lowest BCUT2D eigenvalue weighted by Crippen LogP contribution is -2.22. The number of aromatic amines is 1. The number of hydrogen-bond donors (Lipinski definition) is 2. The summed E-state index contributed by atoms with van der Waals surface area (Å²) in [5.74, 6) is -0.113. The van der Waals surface area contributed by atoms with Crippen molar-refractivity contribution in [3.63, 3.8) is 0 Å². The van der Waals surface area contributed by atoms with E-state index in [2.05, 4.69) is 39.2 Å². The Morgan fingerprint density at radius 2 is 1.94 bits per heavy atom. The number of nitrogens with zero attached hydrogens (tertiary/aromatic N) is 3. The number of fused-ring (bicyclic) bond motifs is 2. The molecule has 3 heterocycles. The monoisotopic (exact) mass is 509 g/mol. The highest BCUT2D eigenvalue weighted by Gasteiger charge is 2.33. The second kappa shape index (κ2) is 9.52. The number of carbonyl (C=O) groups excluding carboxylic acids is 1. The Balaban J connectivity index is 1.23. The Kier molecular flexibility index (Phi) is 6.43. The summed E-state index contributed by atoms with van der Waals surface area (Å²) in [6.07, 6.45) is 2.81. The molecule has 10 heteroatoms. The molecule has 0 saturated carbocycles. The molecule has 0 radical (unpaired) electrons. The highest BCUT2D eigenvalue weighted by atomic mass is 32.2. The Bertz CT molecular complexity index is 1470. The number of amides is 1. The average molecular weight is 510 g/mol. The van der Waals surface area contributed by atoms with Crippen molar-refractivity contribution in [3.8, 4) is 0 Å². The van der Waals surface area contributed by atoms with Gasteiger partial charge >= 0.3 is 0 Å². The molecule has 35 heavy (non-hydrogen) atoms.